The number of nitrogens with zero attached hydrogens (tertiary/aromatic N) is 2. The van der Waals surface area contributed by atoms with Crippen LogP contribution in [0, 0.1) is 15.9 Å². The molecule has 0 unspecified atom stereocenters. The lowest BCUT2D eigenvalue weighted by atomic mass is 10.2. The van der Waals surface area contributed by atoms with Gasteiger partial charge in [-0.05, 0) is 31.0 Å². The molecule has 1 heterocycles. The number of hydrogen-bond acceptors (Lipinski definition) is 6. The number of thioether (sulfide) groups is 1. The molecule has 0 radical (unpaired) electrons. The van der Waals surface area contributed by atoms with Gasteiger partial charge in [0.1, 0.15) is 10.8 Å². The summed E-state index contributed by atoms with van der Waals surface area (Å²) >= 11 is 1.51. The minimum atomic E-state index is -0.790. The zero-order valence-corrected chi connectivity index (χ0v) is 14.0. The fourth-order valence-corrected chi connectivity index (χ4v) is 3.96. The molecular weight excluding hydrogens is 347 g/mol. The van der Waals surface area contributed by atoms with E-state index in [1.807, 2.05) is 0 Å². The van der Waals surface area contributed by atoms with E-state index in [2.05, 4.69) is 4.98 Å². The lowest BCUT2D eigenvalue weighted by Gasteiger charge is -2.11. The summed E-state index contributed by atoms with van der Waals surface area (Å²) in [5.74, 6) is -1.93. The third-order valence-electron chi connectivity index (χ3n) is 3.89. The summed E-state index contributed by atoms with van der Waals surface area (Å²) in [7, 11) is 0. The van der Waals surface area contributed by atoms with E-state index in [0.29, 0.717) is 10.3 Å². The molecule has 1 aliphatic carbocycles. The molecule has 1 saturated carbocycles. The maximum Gasteiger partial charge on any atom is 0.346 e. The van der Waals surface area contributed by atoms with Crippen LogP contribution in [0.3, 0.4) is 0 Å². The highest BCUT2D eigenvalue weighted by Gasteiger charge is 2.24. The first-order valence-electron chi connectivity index (χ1n) is 7.82. The van der Waals surface area contributed by atoms with Gasteiger partial charge in [-0.15, -0.1) is 11.8 Å². The average Bonchev–Trinajstić information content (AvgIpc) is 3.08. The van der Waals surface area contributed by atoms with Crippen molar-refractivity contribution in [3.63, 3.8) is 0 Å². The standard InChI is InChI=1S/C17H15FN2O4S/c18-11-7-8-14(20(22)23)15(10-11)24-17(21)13-6-3-9-19-16(13)25-12-4-1-2-5-12/h3,6-10,12H,1-2,4-5H2. The second kappa shape index (κ2) is 7.60. The third-order valence-corrected chi connectivity index (χ3v) is 5.25. The smallest absolute Gasteiger partial charge is 0.346 e. The van der Waals surface area contributed by atoms with E-state index < -0.39 is 28.1 Å². The Balaban J connectivity index is 1.84. The fraction of sp³-hybridized carbons (Fsp3) is 0.294. The molecule has 0 aliphatic heterocycles. The van der Waals surface area contributed by atoms with Gasteiger partial charge < -0.3 is 4.74 Å². The first-order chi connectivity index (χ1) is 12.0. The molecular formula is C17H15FN2O4S. The Morgan fingerprint density at radius 3 is 2.80 bits per heavy atom. The van der Waals surface area contributed by atoms with E-state index in [-0.39, 0.29) is 5.56 Å². The highest BCUT2D eigenvalue weighted by molar-refractivity contribution is 7.99. The SMILES string of the molecule is O=C(Oc1cc(F)ccc1[N+](=O)[O-])c1cccnc1SC1CCCC1. The van der Waals surface area contributed by atoms with Crippen molar-refractivity contribution < 1.29 is 18.8 Å². The molecule has 0 spiro atoms. The van der Waals surface area contributed by atoms with Gasteiger partial charge in [0.25, 0.3) is 0 Å². The van der Waals surface area contributed by atoms with Crippen molar-refractivity contribution in [2.75, 3.05) is 0 Å². The number of rotatable bonds is 5. The van der Waals surface area contributed by atoms with E-state index in [1.54, 1.807) is 18.3 Å². The summed E-state index contributed by atoms with van der Waals surface area (Å²) in [6.45, 7) is 0. The van der Waals surface area contributed by atoms with Gasteiger partial charge in [0, 0.05) is 23.6 Å². The molecule has 1 aliphatic rings. The number of aromatic nitrogens is 1. The number of ether oxygens (including phenoxy) is 1. The van der Waals surface area contributed by atoms with Gasteiger partial charge in [-0.1, -0.05) is 12.8 Å². The van der Waals surface area contributed by atoms with Gasteiger partial charge in [-0.2, -0.15) is 0 Å². The Bertz CT molecular complexity index is 809. The number of carbonyl (C=O) groups is 1. The molecule has 25 heavy (non-hydrogen) atoms. The predicted molar refractivity (Wildman–Crippen MR) is 90.4 cm³/mol. The van der Waals surface area contributed by atoms with Gasteiger partial charge in [-0.3, -0.25) is 10.1 Å². The summed E-state index contributed by atoms with van der Waals surface area (Å²) in [5, 5.41) is 11.9. The topological polar surface area (TPSA) is 82.3 Å². The van der Waals surface area contributed by atoms with Crippen molar-refractivity contribution in [3.8, 4) is 5.75 Å². The zero-order valence-electron chi connectivity index (χ0n) is 13.2. The molecule has 1 aromatic carbocycles. The Morgan fingerprint density at radius 2 is 2.08 bits per heavy atom. The van der Waals surface area contributed by atoms with E-state index >= 15 is 0 Å². The minimum Gasteiger partial charge on any atom is -0.415 e. The van der Waals surface area contributed by atoms with Crippen LogP contribution in [0.5, 0.6) is 5.75 Å². The number of hydrogen-bond donors (Lipinski definition) is 0. The van der Waals surface area contributed by atoms with Gasteiger partial charge in [0.2, 0.25) is 5.75 Å². The van der Waals surface area contributed by atoms with Crippen molar-refractivity contribution in [2.45, 2.75) is 36.0 Å². The Labute approximate surface area is 147 Å². The molecule has 8 heteroatoms. The van der Waals surface area contributed by atoms with Crippen LogP contribution < -0.4 is 4.74 Å². The minimum absolute atomic E-state index is 0.220. The molecule has 3 rings (SSSR count). The number of nitro benzene ring substituents is 1. The van der Waals surface area contributed by atoms with Crippen LogP contribution in [0.15, 0.2) is 41.6 Å². The second-order valence-corrected chi connectivity index (χ2v) is 6.93. The van der Waals surface area contributed by atoms with E-state index in [1.165, 1.54) is 11.8 Å². The number of carbonyl (C=O) groups excluding carboxylic acids is 1. The van der Waals surface area contributed by atoms with Crippen molar-refractivity contribution in [1.82, 2.24) is 4.98 Å². The molecule has 130 valence electrons. The molecule has 0 atom stereocenters. The normalized spacial score (nSPS) is 14.4. The molecule has 6 nitrogen and oxygen atoms in total. The first-order valence-corrected chi connectivity index (χ1v) is 8.70. The largest absolute Gasteiger partial charge is 0.415 e. The summed E-state index contributed by atoms with van der Waals surface area (Å²) in [5.41, 5.74) is -0.249. The first kappa shape index (κ1) is 17.3. The van der Waals surface area contributed by atoms with Gasteiger partial charge in [0.15, 0.2) is 0 Å². The van der Waals surface area contributed by atoms with Crippen LogP contribution in [0.25, 0.3) is 0 Å². The van der Waals surface area contributed by atoms with Crippen molar-refractivity contribution in [2.24, 2.45) is 0 Å². The van der Waals surface area contributed by atoms with Crippen LogP contribution in [0.4, 0.5) is 10.1 Å². The monoisotopic (exact) mass is 362 g/mol. The maximum atomic E-state index is 13.4. The predicted octanol–water partition coefficient (Wildman–Crippen LogP) is 4.38. The van der Waals surface area contributed by atoms with Crippen molar-refractivity contribution >= 4 is 23.4 Å². The number of pyridine rings is 1. The summed E-state index contributed by atoms with van der Waals surface area (Å²) in [6.07, 6.45) is 6.01. The van der Waals surface area contributed by atoms with Gasteiger partial charge in [-0.25, -0.2) is 14.2 Å². The molecule has 0 amide bonds. The molecule has 0 saturated heterocycles. The number of benzene rings is 1. The van der Waals surface area contributed by atoms with Crippen molar-refractivity contribution in [1.29, 1.82) is 0 Å². The lowest BCUT2D eigenvalue weighted by Crippen LogP contribution is -2.12. The van der Waals surface area contributed by atoms with E-state index in [0.717, 1.165) is 43.9 Å². The third kappa shape index (κ3) is 4.14. The average molecular weight is 362 g/mol. The van der Waals surface area contributed by atoms with Crippen molar-refractivity contribution in [3.05, 3.63) is 58.0 Å². The molecule has 0 bridgehead atoms. The molecule has 1 aromatic heterocycles. The van der Waals surface area contributed by atoms with Crippen LogP contribution in [0.2, 0.25) is 0 Å². The maximum absolute atomic E-state index is 13.4. The van der Waals surface area contributed by atoms with Crippen LogP contribution in [0.1, 0.15) is 36.0 Å². The van der Waals surface area contributed by atoms with E-state index in [4.69, 9.17) is 4.74 Å². The van der Waals surface area contributed by atoms with Crippen LogP contribution in [-0.2, 0) is 0 Å². The lowest BCUT2D eigenvalue weighted by molar-refractivity contribution is -0.385. The fourth-order valence-electron chi connectivity index (χ4n) is 2.68. The Morgan fingerprint density at radius 1 is 1.32 bits per heavy atom. The number of halogens is 1. The van der Waals surface area contributed by atoms with E-state index in [9.17, 15) is 19.3 Å². The summed E-state index contributed by atoms with van der Waals surface area (Å²) in [4.78, 5) is 27.0. The quantitative estimate of drug-likeness (QED) is 0.340. The zero-order chi connectivity index (χ0) is 17.8. The van der Waals surface area contributed by atoms with Gasteiger partial charge in [0.05, 0.1) is 10.5 Å². The second-order valence-electron chi connectivity index (χ2n) is 5.64. The Kier molecular flexibility index (Phi) is 5.28. The number of esters is 1. The molecule has 0 N–H and O–H groups in total. The Hall–Kier alpha value is -2.48. The van der Waals surface area contributed by atoms with Crippen LogP contribution in [-0.4, -0.2) is 21.1 Å². The highest BCUT2D eigenvalue weighted by Crippen LogP contribution is 2.36. The van der Waals surface area contributed by atoms with Gasteiger partial charge >= 0.3 is 11.7 Å². The summed E-state index contributed by atoms with van der Waals surface area (Å²) in [6, 6.07) is 5.89. The molecule has 2 aromatic rings. The molecule has 1 fully saturated rings. The number of nitro groups is 1. The summed E-state index contributed by atoms with van der Waals surface area (Å²) < 4.78 is 18.5. The van der Waals surface area contributed by atoms with Crippen LogP contribution >= 0.6 is 11.8 Å². The highest BCUT2D eigenvalue weighted by atomic mass is 32.2.